The molecule has 1 amide bonds. The van der Waals surface area contributed by atoms with Crippen molar-refractivity contribution in [2.45, 2.75) is 6.42 Å². The van der Waals surface area contributed by atoms with Gasteiger partial charge in [-0.15, -0.1) is 0 Å². The summed E-state index contributed by atoms with van der Waals surface area (Å²) in [4.78, 5) is 19.7. The zero-order chi connectivity index (χ0) is 19.9. The summed E-state index contributed by atoms with van der Waals surface area (Å²) >= 11 is 0. The van der Waals surface area contributed by atoms with Crippen molar-refractivity contribution in [3.8, 4) is 17.5 Å². The van der Waals surface area contributed by atoms with E-state index in [0.717, 1.165) is 22.5 Å². The van der Waals surface area contributed by atoms with Crippen molar-refractivity contribution in [1.82, 2.24) is 25.1 Å². The van der Waals surface area contributed by atoms with Crippen molar-refractivity contribution >= 4 is 5.91 Å². The number of benzene rings is 2. The second-order valence-electron chi connectivity index (χ2n) is 6.37. The molecular weight excluding hydrogens is 362 g/mol. The average Bonchev–Trinajstić information content (AvgIpc) is 3.47. The number of hydrogen-bond donors (Lipinski definition) is 2. The third kappa shape index (κ3) is 4.60. The number of aromatic nitrogens is 4. The van der Waals surface area contributed by atoms with Gasteiger partial charge >= 0.3 is 0 Å². The topological polar surface area (TPSA) is 75.6 Å². The van der Waals surface area contributed by atoms with Gasteiger partial charge in [0.2, 0.25) is 0 Å². The Morgan fingerprint density at radius 3 is 2.76 bits per heavy atom. The minimum atomic E-state index is -0.143. The molecule has 0 aliphatic carbocycles. The third-order valence-corrected chi connectivity index (χ3v) is 4.35. The molecule has 4 aromatic rings. The predicted molar refractivity (Wildman–Crippen MR) is 111 cm³/mol. The quantitative estimate of drug-likeness (QED) is 0.522. The molecule has 29 heavy (non-hydrogen) atoms. The van der Waals surface area contributed by atoms with Crippen LogP contribution in [-0.2, 0) is 6.42 Å². The van der Waals surface area contributed by atoms with Gasteiger partial charge in [0.15, 0.2) is 0 Å². The Morgan fingerprint density at radius 1 is 1.10 bits per heavy atom. The largest absolute Gasteiger partial charge is 0.352 e. The number of carbonyl (C=O) groups is 1. The summed E-state index contributed by atoms with van der Waals surface area (Å²) in [6.45, 7) is 0.510. The number of nitrogens with zero attached hydrogens (tertiary/aromatic N) is 3. The van der Waals surface area contributed by atoms with Crippen LogP contribution in [0.3, 0.4) is 0 Å². The molecule has 0 aliphatic heterocycles. The minimum Gasteiger partial charge on any atom is -0.352 e. The summed E-state index contributed by atoms with van der Waals surface area (Å²) < 4.78 is 1.74. The van der Waals surface area contributed by atoms with Gasteiger partial charge in [0.25, 0.3) is 5.91 Å². The van der Waals surface area contributed by atoms with E-state index in [1.54, 1.807) is 29.3 Å². The molecule has 2 aromatic carbocycles. The fourth-order valence-electron chi connectivity index (χ4n) is 2.88. The molecule has 0 aliphatic rings. The highest BCUT2D eigenvalue weighted by molar-refractivity contribution is 5.95. The van der Waals surface area contributed by atoms with E-state index in [1.165, 1.54) is 0 Å². The Labute approximate surface area is 168 Å². The van der Waals surface area contributed by atoms with Crippen molar-refractivity contribution in [3.05, 3.63) is 102 Å². The molecule has 2 N–H and O–H groups in total. The average molecular weight is 381 g/mol. The van der Waals surface area contributed by atoms with Crippen LogP contribution in [0.1, 0.15) is 27.2 Å². The fourth-order valence-corrected chi connectivity index (χ4v) is 2.88. The first-order chi connectivity index (χ1) is 14.3. The van der Waals surface area contributed by atoms with Crippen LogP contribution < -0.4 is 5.32 Å². The van der Waals surface area contributed by atoms with Gasteiger partial charge in [-0.1, -0.05) is 30.0 Å². The van der Waals surface area contributed by atoms with Gasteiger partial charge < -0.3 is 10.3 Å². The monoisotopic (exact) mass is 381 g/mol. The van der Waals surface area contributed by atoms with Gasteiger partial charge in [-0.05, 0) is 36.4 Å². The van der Waals surface area contributed by atoms with Crippen LogP contribution in [0.25, 0.3) is 5.69 Å². The Bertz CT molecular complexity index is 1140. The summed E-state index contributed by atoms with van der Waals surface area (Å²) in [7, 11) is 0. The van der Waals surface area contributed by atoms with Crippen LogP contribution in [0.4, 0.5) is 0 Å². The van der Waals surface area contributed by atoms with Crippen LogP contribution >= 0.6 is 0 Å². The zero-order valence-corrected chi connectivity index (χ0v) is 15.7. The Kier molecular flexibility index (Phi) is 5.49. The highest BCUT2D eigenvalue weighted by Gasteiger charge is 2.10. The molecule has 0 unspecified atom stereocenters. The maximum Gasteiger partial charge on any atom is 0.251 e. The molecule has 0 fully saturated rings. The van der Waals surface area contributed by atoms with Crippen molar-refractivity contribution in [2.24, 2.45) is 0 Å². The van der Waals surface area contributed by atoms with Gasteiger partial charge in [-0.25, -0.2) is 9.67 Å². The number of imidazole rings is 1. The Hall–Kier alpha value is -4.11. The number of aromatic amines is 1. The van der Waals surface area contributed by atoms with Gasteiger partial charge in [0, 0.05) is 42.7 Å². The van der Waals surface area contributed by atoms with E-state index in [4.69, 9.17) is 0 Å². The SMILES string of the molecule is O=C(NCCc1c[nH]cn1)c1ccc(-n2cccn2)c(C#Cc2ccccc2)c1. The lowest BCUT2D eigenvalue weighted by molar-refractivity contribution is 0.0954. The summed E-state index contributed by atoms with van der Waals surface area (Å²) in [5.74, 6) is 6.20. The lowest BCUT2D eigenvalue weighted by Crippen LogP contribution is -2.26. The maximum absolute atomic E-state index is 12.6. The van der Waals surface area contributed by atoms with Crippen molar-refractivity contribution in [1.29, 1.82) is 0 Å². The summed E-state index contributed by atoms with van der Waals surface area (Å²) in [6, 6.07) is 17.1. The summed E-state index contributed by atoms with van der Waals surface area (Å²) in [5, 5.41) is 7.22. The maximum atomic E-state index is 12.6. The molecule has 6 nitrogen and oxygen atoms in total. The molecule has 142 valence electrons. The van der Waals surface area contributed by atoms with Gasteiger partial charge in [0.1, 0.15) is 0 Å². The highest BCUT2D eigenvalue weighted by Crippen LogP contribution is 2.16. The van der Waals surface area contributed by atoms with Gasteiger partial charge in [-0.2, -0.15) is 5.10 Å². The zero-order valence-electron chi connectivity index (χ0n) is 15.7. The molecule has 2 aromatic heterocycles. The molecular formula is C23H19N5O. The highest BCUT2D eigenvalue weighted by atomic mass is 16.1. The minimum absolute atomic E-state index is 0.143. The molecule has 0 spiro atoms. The molecule has 0 radical (unpaired) electrons. The van der Waals surface area contributed by atoms with Crippen molar-refractivity contribution < 1.29 is 4.79 Å². The van der Waals surface area contributed by atoms with Crippen molar-refractivity contribution in [2.75, 3.05) is 6.54 Å². The van der Waals surface area contributed by atoms with E-state index < -0.39 is 0 Å². The number of rotatable bonds is 5. The lowest BCUT2D eigenvalue weighted by Gasteiger charge is -2.09. The summed E-state index contributed by atoms with van der Waals surface area (Å²) in [6.07, 6.45) is 7.68. The number of nitrogens with one attached hydrogen (secondary N) is 2. The molecule has 0 saturated heterocycles. The number of amides is 1. The summed E-state index contributed by atoms with van der Waals surface area (Å²) in [5.41, 5.74) is 3.94. The van der Waals surface area contributed by atoms with E-state index in [2.05, 4.69) is 32.2 Å². The Balaban J connectivity index is 1.57. The molecule has 6 heteroatoms. The Morgan fingerprint density at radius 2 is 2.00 bits per heavy atom. The first-order valence-corrected chi connectivity index (χ1v) is 9.26. The van der Waals surface area contributed by atoms with Gasteiger partial charge in [-0.3, -0.25) is 4.79 Å². The second kappa shape index (κ2) is 8.72. The van der Waals surface area contributed by atoms with Crippen LogP contribution in [-0.4, -0.2) is 32.2 Å². The molecule has 0 atom stereocenters. The van der Waals surface area contributed by atoms with E-state index in [9.17, 15) is 4.79 Å². The molecule has 4 rings (SSSR count). The first kappa shape index (κ1) is 18.3. The molecule has 0 bridgehead atoms. The predicted octanol–water partition coefficient (Wildman–Crippen LogP) is 2.97. The van der Waals surface area contributed by atoms with E-state index >= 15 is 0 Å². The van der Waals surface area contributed by atoms with Crippen LogP contribution in [0, 0.1) is 11.8 Å². The van der Waals surface area contributed by atoms with Crippen LogP contribution in [0.5, 0.6) is 0 Å². The smallest absolute Gasteiger partial charge is 0.251 e. The number of H-pyrrole nitrogens is 1. The van der Waals surface area contributed by atoms with E-state index in [1.807, 2.05) is 54.9 Å². The van der Waals surface area contributed by atoms with E-state index in [0.29, 0.717) is 18.5 Å². The van der Waals surface area contributed by atoms with Gasteiger partial charge in [0.05, 0.1) is 23.3 Å². The fraction of sp³-hybridized carbons (Fsp3) is 0.0870. The number of carbonyl (C=O) groups excluding carboxylic acids is 1. The van der Waals surface area contributed by atoms with E-state index in [-0.39, 0.29) is 5.91 Å². The van der Waals surface area contributed by atoms with Crippen LogP contribution in [0.15, 0.2) is 79.5 Å². The standard InChI is InChI=1S/C23H19N5O/c29-23(25-13-11-21-16-24-17-26-21)20-9-10-22(28-14-4-12-27-28)19(15-20)8-7-18-5-2-1-3-6-18/h1-6,9-10,12,14-17H,11,13H2,(H,24,26)(H,25,29). The lowest BCUT2D eigenvalue weighted by atomic mass is 10.1. The second-order valence-corrected chi connectivity index (χ2v) is 6.37. The third-order valence-electron chi connectivity index (χ3n) is 4.35. The molecule has 0 saturated carbocycles. The van der Waals surface area contributed by atoms with Crippen molar-refractivity contribution in [3.63, 3.8) is 0 Å². The molecule has 2 heterocycles. The van der Waals surface area contributed by atoms with Crippen LogP contribution in [0.2, 0.25) is 0 Å². The first-order valence-electron chi connectivity index (χ1n) is 9.26. The number of hydrogen-bond acceptors (Lipinski definition) is 3. The normalized spacial score (nSPS) is 10.2.